The summed E-state index contributed by atoms with van der Waals surface area (Å²) >= 11 is 0. The molecule has 0 spiro atoms. The molecule has 0 bridgehead atoms. The molecule has 3 nitrogen and oxygen atoms in total. The van der Waals surface area contributed by atoms with Crippen LogP contribution < -0.4 is 5.32 Å². The second-order valence-corrected chi connectivity index (χ2v) is 6.63. The summed E-state index contributed by atoms with van der Waals surface area (Å²) < 4.78 is 0. The van der Waals surface area contributed by atoms with Gasteiger partial charge in [0.1, 0.15) is 0 Å². The van der Waals surface area contributed by atoms with Gasteiger partial charge < -0.3 is 10.2 Å². The maximum Gasteiger partial charge on any atom is 0.317 e. The zero-order valence-corrected chi connectivity index (χ0v) is 13.2. The van der Waals surface area contributed by atoms with Crippen LogP contribution in [0.3, 0.4) is 0 Å². The molecule has 20 heavy (non-hydrogen) atoms. The molecule has 2 amide bonds. The van der Waals surface area contributed by atoms with Gasteiger partial charge in [0.15, 0.2) is 0 Å². The number of hydrogen-bond donors (Lipinski definition) is 1. The standard InChI is InChI=1S/C17H30N2O/c1-14-7-6-10-16(13-14)19(2)17(20)18-12-11-15-8-4-3-5-9-15/h8,14,16H,3-7,9-13H2,1-2H3,(H,18,20). The van der Waals surface area contributed by atoms with E-state index in [0.29, 0.717) is 6.04 Å². The fourth-order valence-corrected chi connectivity index (χ4v) is 3.51. The van der Waals surface area contributed by atoms with E-state index in [4.69, 9.17) is 0 Å². The van der Waals surface area contributed by atoms with Crippen molar-refractivity contribution < 1.29 is 4.79 Å². The molecular formula is C17H30N2O. The second-order valence-electron chi connectivity index (χ2n) is 6.63. The van der Waals surface area contributed by atoms with Crippen LogP contribution >= 0.6 is 0 Å². The van der Waals surface area contributed by atoms with Gasteiger partial charge in [-0.1, -0.05) is 31.4 Å². The molecule has 2 unspecified atom stereocenters. The van der Waals surface area contributed by atoms with Crippen molar-refractivity contribution >= 4 is 6.03 Å². The Morgan fingerprint density at radius 2 is 2.20 bits per heavy atom. The lowest BCUT2D eigenvalue weighted by atomic mass is 9.86. The highest BCUT2D eigenvalue weighted by Gasteiger charge is 2.25. The average Bonchev–Trinajstić information content (AvgIpc) is 2.47. The number of rotatable bonds is 4. The smallest absolute Gasteiger partial charge is 0.317 e. The first-order valence-electron chi connectivity index (χ1n) is 8.35. The first-order chi connectivity index (χ1) is 9.66. The Morgan fingerprint density at radius 1 is 1.35 bits per heavy atom. The largest absolute Gasteiger partial charge is 0.338 e. The Hall–Kier alpha value is -0.990. The summed E-state index contributed by atoms with van der Waals surface area (Å²) in [6, 6.07) is 0.549. The number of amides is 2. The maximum absolute atomic E-state index is 12.2. The van der Waals surface area contributed by atoms with Crippen molar-refractivity contribution in [1.82, 2.24) is 10.2 Å². The SMILES string of the molecule is CC1CCCC(N(C)C(=O)NCCC2=CCCCC2)C1. The molecule has 3 heteroatoms. The van der Waals surface area contributed by atoms with Crippen LogP contribution in [0.4, 0.5) is 4.79 Å². The molecule has 0 aromatic heterocycles. The van der Waals surface area contributed by atoms with Gasteiger partial charge in [0.25, 0.3) is 0 Å². The third-order valence-electron chi connectivity index (χ3n) is 4.88. The van der Waals surface area contributed by atoms with Crippen LogP contribution in [0.25, 0.3) is 0 Å². The molecule has 2 aliphatic rings. The average molecular weight is 278 g/mol. The number of nitrogens with one attached hydrogen (secondary N) is 1. The van der Waals surface area contributed by atoms with E-state index >= 15 is 0 Å². The second kappa shape index (κ2) is 7.70. The lowest BCUT2D eigenvalue weighted by molar-refractivity contribution is 0.160. The summed E-state index contributed by atoms with van der Waals surface area (Å²) in [5.41, 5.74) is 1.53. The monoisotopic (exact) mass is 278 g/mol. The van der Waals surface area contributed by atoms with Gasteiger partial charge >= 0.3 is 6.03 Å². The van der Waals surface area contributed by atoms with Gasteiger partial charge in [0.2, 0.25) is 0 Å². The van der Waals surface area contributed by atoms with Gasteiger partial charge in [-0.15, -0.1) is 0 Å². The first kappa shape index (κ1) is 15.4. The van der Waals surface area contributed by atoms with Crippen molar-refractivity contribution in [2.45, 2.75) is 70.8 Å². The normalized spacial score (nSPS) is 26.8. The molecule has 2 aliphatic carbocycles. The minimum Gasteiger partial charge on any atom is -0.338 e. The summed E-state index contributed by atoms with van der Waals surface area (Å²) in [6.07, 6.45) is 13.4. The minimum absolute atomic E-state index is 0.112. The molecule has 0 aromatic rings. The Bertz CT molecular complexity index is 351. The highest BCUT2D eigenvalue weighted by molar-refractivity contribution is 5.74. The number of carbonyl (C=O) groups is 1. The molecule has 0 saturated heterocycles. The van der Waals surface area contributed by atoms with Crippen molar-refractivity contribution in [3.8, 4) is 0 Å². The van der Waals surface area contributed by atoms with Crippen molar-refractivity contribution in [3.05, 3.63) is 11.6 Å². The molecule has 0 radical (unpaired) electrons. The molecule has 2 atom stereocenters. The summed E-state index contributed by atoms with van der Waals surface area (Å²) in [6.45, 7) is 3.09. The minimum atomic E-state index is 0.112. The fourth-order valence-electron chi connectivity index (χ4n) is 3.51. The Kier molecular flexibility index (Phi) is 5.93. The van der Waals surface area contributed by atoms with Gasteiger partial charge in [-0.25, -0.2) is 4.79 Å². The number of allylic oxidation sites excluding steroid dienone is 1. The quantitative estimate of drug-likeness (QED) is 0.772. The van der Waals surface area contributed by atoms with Crippen LogP contribution in [0.1, 0.15) is 64.7 Å². The van der Waals surface area contributed by atoms with E-state index in [1.165, 1.54) is 50.5 Å². The molecule has 2 rings (SSSR count). The van der Waals surface area contributed by atoms with E-state index in [0.717, 1.165) is 25.3 Å². The van der Waals surface area contributed by atoms with Gasteiger partial charge in [0, 0.05) is 19.6 Å². The van der Waals surface area contributed by atoms with E-state index in [1.807, 2.05) is 11.9 Å². The first-order valence-corrected chi connectivity index (χ1v) is 8.35. The third-order valence-corrected chi connectivity index (χ3v) is 4.88. The molecule has 114 valence electrons. The third kappa shape index (κ3) is 4.53. The summed E-state index contributed by atoms with van der Waals surface area (Å²) in [5.74, 6) is 0.761. The lowest BCUT2D eigenvalue weighted by Crippen LogP contribution is -2.45. The highest BCUT2D eigenvalue weighted by atomic mass is 16.2. The highest BCUT2D eigenvalue weighted by Crippen LogP contribution is 2.26. The number of carbonyl (C=O) groups excluding carboxylic acids is 1. The van der Waals surface area contributed by atoms with Gasteiger partial charge in [-0.3, -0.25) is 0 Å². The van der Waals surface area contributed by atoms with E-state index in [1.54, 1.807) is 0 Å². The topological polar surface area (TPSA) is 32.3 Å². The summed E-state index contributed by atoms with van der Waals surface area (Å²) in [4.78, 5) is 14.1. The fraction of sp³-hybridized carbons (Fsp3) is 0.824. The molecule has 1 saturated carbocycles. The molecular weight excluding hydrogens is 248 g/mol. The molecule has 0 aromatic carbocycles. The van der Waals surface area contributed by atoms with Gasteiger partial charge in [-0.05, 0) is 50.9 Å². The maximum atomic E-state index is 12.2. The van der Waals surface area contributed by atoms with E-state index in [-0.39, 0.29) is 6.03 Å². The van der Waals surface area contributed by atoms with Crippen molar-refractivity contribution in [2.24, 2.45) is 5.92 Å². The predicted molar refractivity (Wildman–Crippen MR) is 83.7 cm³/mol. The molecule has 0 heterocycles. The van der Waals surface area contributed by atoms with Crippen molar-refractivity contribution in [3.63, 3.8) is 0 Å². The zero-order chi connectivity index (χ0) is 14.4. The number of hydrogen-bond acceptors (Lipinski definition) is 1. The van der Waals surface area contributed by atoms with Crippen LogP contribution in [-0.2, 0) is 0 Å². The summed E-state index contributed by atoms with van der Waals surface area (Å²) in [5, 5.41) is 3.09. The van der Waals surface area contributed by atoms with Crippen LogP contribution in [0, 0.1) is 5.92 Å². The lowest BCUT2D eigenvalue weighted by Gasteiger charge is -2.34. The van der Waals surface area contributed by atoms with E-state index < -0.39 is 0 Å². The van der Waals surface area contributed by atoms with Crippen LogP contribution in [0.2, 0.25) is 0 Å². The Labute approximate surface area is 123 Å². The number of nitrogens with zero attached hydrogens (tertiary/aromatic N) is 1. The van der Waals surface area contributed by atoms with E-state index in [2.05, 4.69) is 18.3 Å². The molecule has 1 fully saturated rings. The van der Waals surface area contributed by atoms with Crippen LogP contribution in [0.15, 0.2) is 11.6 Å². The van der Waals surface area contributed by atoms with Crippen molar-refractivity contribution in [2.75, 3.05) is 13.6 Å². The van der Waals surface area contributed by atoms with Crippen molar-refractivity contribution in [1.29, 1.82) is 0 Å². The number of urea groups is 1. The van der Waals surface area contributed by atoms with E-state index in [9.17, 15) is 4.79 Å². The predicted octanol–water partition coefficient (Wildman–Crippen LogP) is 4.10. The molecule has 1 N–H and O–H groups in total. The summed E-state index contributed by atoms with van der Waals surface area (Å²) in [7, 11) is 1.96. The zero-order valence-electron chi connectivity index (χ0n) is 13.2. The van der Waals surface area contributed by atoms with Gasteiger partial charge in [0.05, 0.1) is 0 Å². The van der Waals surface area contributed by atoms with Gasteiger partial charge in [-0.2, -0.15) is 0 Å². The molecule has 0 aliphatic heterocycles. The Morgan fingerprint density at radius 3 is 2.90 bits per heavy atom. The Balaban J connectivity index is 1.69. The van der Waals surface area contributed by atoms with Crippen LogP contribution in [-0.4, -0.2) is 30.6 Å². The van der Waals surface area contributed by atoms with Crippen LogP contribution in [0.5, 0.6) is 0 Å².